The molecule has 3 aromatic rings. The third kappa shape index (κ3) is 3.30. The first-order valence-electron chi connectivity index (χ1n) is 8.04. The van der Waals surface area contributed by atoms with Gasteiger partial charge in [-0.25, -0.2) is 17.4 Å². The van der Waals surface area contributed by atoms with Gasteiger partial charge in [-0.1, -0.05) is 30.3 Å². The van der Waals surface area contributed by atoms with Gasteiger partial charge >= 0.3 is 0 Å². The molecular formula is C19H20N2O3S. The molecule has 1 aromatic heterocycles. The van der Waals surface area contributed by atoms with Gasteiger partial charge in [-0.3, -0.25) is 0 Å². The molecule has 0 bridgehead atoms. The lowest BCUT2D eigenvalue weighted by Gasteiger charge is -2.12. The number of ether oxygens (including phenoxy) is 1. The molecular weight excluding hydrogens is 336 g/mol. The van der Waals surface area contributed by atoms with Crippen LogP contribution in [-0.4, -0.2) is 24.0 Å². The fraction of sp³-hybridized carbons (Fsp3) is 0.211. The lowest BCUT2D eigenvalue weighted by molar-refractivity contribution is 0.337. The van der Waals surface area contributed by atoms with Crippen molar-refractivity contribution in [1.29, 1.82) is 0 Å². The maximum atomic E-state index is 13.1. The van der Waals surface area contributed by atoms with Crippen LogP contribution < -0.4 is 4.74 Å². The Labute approximate surface area is 148 Å². The number of nitrogens with zero attached hydrogens (tertiary/aromatic N) is 2. The van der Waals surface area contributed by atoms with E-state index in [4.69, 9.17) is 4.74 Å². The van der Waals surface area contributed by atoms with Crippen LogP contribution in [-0.2, 0) is 10.0 Å². The van der Waals surface area contributed by atoms with Gasteiger partial charge in [-0.15, -0.1) is 0 Å². The number of imidazole rings is 1. The highest BCUT2D eigenvalue weighted by Gasteiger charge is 2.23. The molecule has 1 heterocycles. The molecule has 0 N–H and O–H groups in total. The molecule has 0 aliphatic heterocycles. The topological polar surface area (TPSA) is 61.2 Å². The van der Waals surface area contributed by atoms with Crippen molar-refractivity contribution in [3.63, 3.8) is 0 Å². The molecule has 25 heavy (non-hydrogen) atoms. The number of aromatic nitrogens is 2. The highest BCUT2D eigenvalue weighted by Crippen LogP contribution is 2.27. The molecule has 6 heteroatoms. The van der Waals surface area contributed by atoms with E-state index < -0.39 is 10.0 Å². The second kappa shape index (κ2) is 6.72. The van der Waals surface area contributed by atoms with E-state index in [0.29, 0.717) is 23.9 Å². The van der Waals surface area contributed by atoms with Crippen molar-refractivity contribution in [3.05, 3.63) is 66.0 Å². The lowest BCUT2D eigenvalue weighted by Crippen LogP contribution is -2.14. The van der Waals surface area contributed by atoms with Crippen molar-refractivity contribution in [1.82, 2.24) is 8.96 Å². The first-order valence-corrected chi connectivity index (χ1v) is 9.48. The van der Waals surface area contributed by atoms with Gasteiger partial charge in [0.05, 0.1) is 17.2 Å². The van der Waals surface area contributed by atoms with Crippen molar-refractivity contribution >= 4 is 10.0 Å². The van der Waals surface area contributed by atoms with Gasteiger partial charge in [0, 0.05) is 11.8 Å². The Balaban J connectivity index is 2.12. The Morgan fingerprint density at radius 2 is 1.80 bits per heavy atom. The Morgan fingerprint density at radius 3 is 2.44 bits per heavy atom. The van der Waals surface area contributed by atoms with Crippen molar-refractivity contribution in [2.24, 2.45) is 0 Å². The van der Waals surface area contributed by atoms with Gasteiger partial charge in [-0.05, 0) is 44.5 Å². The average molecular weight is 356 g/mol. The Kier molecular flexibility index (Phi) is 4.63. The van der Waals surface area contributed by atoms with E-state index in [1.165, 1.54) is 3.97 Å². The Morgan fingerprint density at radius 1 is 1.08 bits per heavy atom. The van der Waals surface area contributed by atoms with E-state index >= 15 is 0 Å². The smallest absolute Gasteiger partial charge is 0.269 e. The van der Waals surface area contributed by atoms with Crippen molar-refractivity contribution in [2.45, 2.75) is 25.7 Å². The van der Waals surface area contributed by atoms with Crippen LogP contribution in [0.5, 0.6) is 5.75 Å². The molecule has 0 radical (unpaired) electrons. The zero-order valence-corrected chi connectivity index (χ0v) is 15.2. The van der Waals surface area contributed by atoms with E-state index in [2.05, 4.69) is 4.98 Å². The fourth-order valence-electron chi connectivity index (χ4n) is 2.65. The summed E-state index contributed by atoms with van der Waals surface area (Å²) in [5.74, 6) is 1.09. The predicted octanol–water partition coefficient (Wildman–Crippen LogP) is 3.80. The number of rotatable bonds is 5. The highest BCUT2D eigenvalue weighted by atomic mass is 32.2. The molecule has 0 saturated carbocycles. The van der Waals surface area contributed by atoms with Crippen LogP contribution >= 0.6 is 0 Å². The minimum absolute atomic E-state index is 0.211. The van der Waals surface area contributed by atoms with Crippen LogP contribution in [0.15, 0.2) is 59.6 Å². The summed E-state index contributed by atoms with van der Waals surface area (Å²) in [6.07, 6.45) is 1.55. The summed E-state index contributed by atoms with van der Waals surface area (Å²) in [6.45, 7) is 6.04. The summed E-state index contributed by atoms with van der Waals surface area (Å²) >= 11 is 0. The third-order valence-corrected chi connectivity index (χ3v) is 5.48. The molecule has 0 aliphatic rings. The molecule has 0 aliphatic carbocycles. The van der Waals surface area contributed by atoms with E-state index in [1.807, 2.05) is 44.2 Å². The van der Waals surface area contributed by atoms with Gasteiger partial charge in [0.15, 0.2) is 5.82 Å². The minimum Gasteiger partial charge on any atom is -0.494 e. The van der Waals surface area contributed by atoms with Gasteiger partial charge < -0.3 is 4.74 Å². The SMILES string of the molecule is CCOc1ccc(S(=O)(=O)n2cc(C)nc2-c2ccccc2)cc1C. The standard InChI is InChI=1S/C19H20N2O3S/c1-4-24-18-11-10-17(12-14(18)2)25(22,23)21-13-15(3)20-19(21)16-8-6-5-7-9-16/h5-13H,4H2,1-3H3. The van der Waals surface area contributed by atoms with Crippen LogP contribution in [0.4, 0.5) is 0 Å². The molecule has 0 atom stereocenters. The molecule has 0 unspecified atom stereocenters. The van der Waals surface area contributed by atoms with Crippen LogP contribution in [0.3, 0.4) is 0 Å². The fourth-order valence-corrected chi connectivity index (χ4v) is 4.11. The summed E-state index contributed by atoms with van der Waals surface area (Å²) in [7, 11) is -3.75. The van der Waals surface area contributed by atoms with Crippen molar-refractivity contribution in [3.8, 4) is 17.1 Å². The van der Waals surface area contributed by atoms with Crippen LogP contribution in [0.1, 0.15) is 18.2 Å². The van der Waals surface area contributed by atoms with E-state index in [1.54, 1.807) is 31.3 Å². The molecule has 0 amide bonds. The number of aryl methyl sites for hydroxylation is 2. The Bertz CT molecular complexity index is 993. The second-order valence-electron chi connectivity index (χ2n) is 5.73. The van der Waals surface area contributed by atoms with Gasteiger partial charge in [0.25, 0.3) is 10.0 Å². The van der Waals surface area contributed by atoms with Gasteiger partial charge in [-0.2, -0.15) is 0 Å². The van der Waals surface area contributed by atoms with Gasteiger partial charge in [0.2, 0.25) is 0 Å². The Hall–Kier alpha value is -2.60. The largest absolute Gasteiger partial charge is 0.494 e. The van der Waals surface area contributed by atoms with Crippen LogP contribution in [0, 0.1) is 13.8 Å². The van der Waals surface area contributed by atoms with Crippen LogP contribution in [0.25, 0.3) is 11.4 Å². The molecule has 0 saturated heterocycles. The first-order chi connectivity index (χ1) is 11.9. The normalized spacial score (nSPS) is 11.5. The molecule has 0 spiro atoms. The maximum absolute atomic E-state index is 13.1. The molecule has 2 aromatic carbocycles. The maximum Gasteiger partial charge on any atom is 0.269 e. The number of hydrogen-bond acceptors (Lipinski definition) is 4. The highest BCUT2D eigenvalue weighted by molar-refractivity contribution is 7.90. The van der Waals surface area contributed by atoms with Gasteiger partial charge in [0.1, 0.15) is 5.75 Å². The zero-order valence-electron chi connectivity index (χ0n) is 14.4. The minimum atomic E-state index is -3.75. The zero-order chi connectivity index (χ0) is 18.0. The summed E-state index contributed by atoms with van der Waals surface area (Å²) in [6, 6.07) is 14.2. The summed E-state index contributed by atoms with van der Waals surface area (Å²) in [4.78, 5) is 4.61. The van der Waals surface area contributed by atoms with Crippen molar-refractivity contribution < 1.29 is 13.2 Å². The number of hydrogen-bond donors (Lipinski definition) is 0. The molecule has 130 valence electrons. The molecule has 0 fully saturated rings. The average Bonchev–Trinajstić information content (AvgIpc) is 3.00. The number of benzene rings is 2. The molecule has 5 nitrogen and oxygen atoms in total. The summed E-state index contributed by atoms with van der Waals surface area (Å²) < 4.78 is 33.0. The van der Waals surface area contributed by atoms with E-state index in [-0.39, 0.29) is 4.90 Å². The lowest BCUT2D eigenvalue weighted by atomic mass is 10.2. The quantitative estimate of drug-likeness (QED) is 0.697. The second-order valence-corrected chi connectivity index (χ2v) is 7.55. The predicted molar refractivity (Wildman–Crippen MR) is 97.3 cm³/mol. The van der Waals surface area contributed by atoms with E-state index in [0.717, 1.165) is 11.1 Å². The summed E-state index contributed by atoms with van der Waals surface area (Å²) in [5.41, 5.74) is 2.17. The monoisotopic (exact) mass is 356 g/mol. The first kappa shape index (κ1) is 17.2. The molecule has 3 rings (SSSR count). The van der Waals surface area contributed by atoms with Crippen LogP contribution in [0.2, 0.25) is 0 Å². The summed E-state index contributed by atoms with van der Waals surface area (Å²) in [5, 5.41) is 0. The third-order valence-electron chi connectivity index (χ3n) is 3.83. The van der Waals surface area contributed by atoms with Crippen molar-refractivity contribution in [2.75, 3.05) is 6.61 Å². The van der Waals surface area contributed by atoms with E-state index in [9.17, 15) is 8.42 Å².